The highest BCUT2D eigenvalue weighted by Gasteiger charge is 2.26. The zero-order chi connectivity index (χ0) is 19.1. The van der Waals surface area contributed by atoms with Crippen molar-refractivity contribution in [2.75, 3.05) is 6.54 Å². The van der Waals surface area contributed by atoms with Crippen molar-refractivity contribution in [1.82, 2.24) is 10.6 Å². The Kier molecular flexibility index (Phi) is 7.12. The van der Waals surface area contributed by atoms with E-state index in [1.54, 1.807) is 0 Å². The van der Waals surface area contributed by atoms with Crippen LogP contribution in [0.15, 0.2) is 24.3 Å². The highest BCUT2D eigenvalue weighted by atomic mass is 19.1. The van der Waals surface area contributed by atoms with Crippen LogP contribution < -0.4 is 10.6 Å². The Labute approximate surface area is 152 Å². The molecule has 0 radical (unpaired) electrons. The van der Waals surface area contributed by atoms with E-state index in [-0.39, 0.29) is 17.5 Å². The molecule has 0 unspecified atom stereocenters. The summed E-state index contributed by atoms with van der Waals surface area (Å²) in [7, 11) is 0. The average Bonchev–Trinajstić information content (AvgIpc) is 2.61. The van der Waals surface area contributed by atoms with Gasteiger partial charge < -0.3 is 15.4 Å². The molecule has 1 saturated carbocycles. The third kappa shape index (κ3) is 5.82. The standard InChI is InChI=1S/C19H25FN2O4/c1-12-6-3-4-9-16(12)22-18(24)13(2)26-17(23)11-21-19(25)14-7-5-8-15(20)10-14/h5,7-8,10,12-13,16H,3-4,6,9,11H2,1-2H3,(H,21,25)(H,22,24)/t12-,13-,16-/m1/s1. The van der Waals surface area contributed by atoms with Crippen molar-refractivity contribution in [3.8, 4) is 0 Å². The molecule has 26 heavy (non-hydrogen) atoms. The van der Waals surface area contributed by atoms with Gasteiger partial charge >= 0.3 is 5.97 Å². The van der Waals surface area contributed by atoms with Gasteiger partial charge in [0.2, 0.25) is 0 Å². The van der Waals surface area contributed by atoms with E-state index < -0.39 is 30.3 Å². The molecule has 142 valence electrons. The van der Waals surface area contributed by atoms with E-state index in [9.17, 15) is 18.8 Å². The maximum absolute atomic E-state index is 13.1. The molecule has 2 rings (SSSR count). The van der Waals surface area contributed by atoms with Crippen molar-refractivity contribution in [3.63, 3.8) is 0 Å². The third-order valence-electron chi connectivity index (χ3n) is 4.60. The monoisotopic (exact) mass is 364 g/mol. The van der Waals surface area contributed by atoms with E-state index in [0.717, 1.165) is 25.3 Å². The quantitative estimate of drug-likeness (QED) is 0.758. The van der Waals surface area contributed by atoms with E-state index in [2.05, 4.69) is 17.6 Å². The number of rotatable bonds is 6. The minimum atomic E-state index is -0.942. The van der Waals surface area contributed by atoms with Gasteiger partial charge in [-0.3, -0.25) is 14.4 Å². The Hall–Kier alpha value is -2.44. The van der Waals surface area contributed by atoms with Gasteiger partial charge in [-0.2, -0.15) is 0 Å². The summed E-state index contributed by atoms with van der Waals surface area (Å²) in [6, 6.07) is 5.23. The maximum atomic E-state index is 13.1. The molecule has 1 aliphatic rings. The topological polar surface area (TPSA) is 84.5 Å². The number of benzene rings is 1. The van der Waals surface area contributed by atoms with Crippen LogP contribution in [0.3, 0.4) is 0 Å². The normalized spacial score (nSPS) is 20.7. The molecule has 1 fully saturated rings. The second-order valence-electron chi connectivity index (χ2n) is 6.70. The number of hydrogen-bond donors (Lipinski definition) is 2. The van der Waals surface area contributed by atoms with Gasteiger partial charge in [0.15, 0.2) is 6.10 Å². The number of nitrogens with one attached hydrogen (secondary N) is 2. The van der Waals surface area contributed by atoms with Gasteiger partial charge in [-0.1, -0.05) is 25.8 Å². The highest BCUT2D eigenvalue weighted by Crippen LogP contribution is 2.23. The fourth-order valence-corrected chi connectivity index (χ4v) is 3.01. The van der Waals surface area contributed by atoms with Gasteiger partial charge in [0.1, 0.15) is 12.4 Å². The molecule has 0 spiro atoms. The van der Waals surface area contributed by atoms with Crippen LogP contribution in [0.1, 0.15) is 49.9 Å². The van der Waals surface area contributed by atoms with Gasteiger partial charge in [0.05, 0.1) is 0 Å². The zero-order valence-electron chi connectivity index (χ0n) is 15.1. The molecule has 0 aliphatic heterocycles. The van der Waals surface area contributed by atoms with Crippen molar-refractivity contribution in [1.29, 1.82) is 0 Å². The zero-order valence-corrected chi connectivity index (χ0v) is 15.1. The summed E-state index contributed by atoms with van der Waals surface area (Å²) in [4.78, 5) is 35.9. The Morgan fingerprint density at radius 2 is 2.00 bits per heavy atom. The summed E-state index contributed by atoms with van der Waals surface area (Å²) in [6.07, 6.45) is 3.31. The molecule has 0 bridgehead atoms. The van der Waals surface area contributed by atoms with Gasteiger partial charge in [-0.15, -0.1) is 0 Å². The summed E-state index contributed by atoms with van der Waals surface area (Å²) < 4.78 is 18.2. The molecule has 0 saturated heterocycles. The van der Waals surface area contributed by atoms with Gasteiger partial charge in [-0.05, 0) is 43.9 Å². The minimum Gasteiger partial charge on any atom is -0.451 e. The Morgan fingerprint density at radius 3 is 2.69 bits per heavy atom. The summed E-state index contributed by atoms with van der Waals surface area (Å²) in [5, 5.41) is 5.27. The first-order valence-corrected chi connectivity index (χ1v) is 8.90. The molecule has 3 atom stereocenters. The number of halogens is 1. The first-order chi connectivity index (χ1) is 12.4. The number of ether oxygens (including phenoxy) is 1. The molecule has 0 heterocycles. The van der Waals surface area contributed by atoms with Crippen LogP contribution in [0.2, 0.25) is 0 Å². The van der Waals surface area contributed by atoms with Gasteiger partial charge in [0.25, 0.3) is 11.8 Å². The van der Waals surface area contributed by atoms with Crippen molar-refractivity contribution >= 4 is 17.8 Å². The molecule has 2 N–H and O–H groups in total. The first kappa shape index (κ1) is 19.9. The van der Waals surface area contributed by atoms with Crippen molar-refractivity contribution in [2.24, 2.45) is 5.92 Å². The summed E-state index contributed by atoms with van der Waals surface area (Å²) in [5.41, 5.74) is 0.106. The molecular formula is C19H25FN2O4. The minimum absolute atomic E-state index is 0.102. The van der Waals surface area contributed by atoms with Crippen molar-refractivity contribution in [3.05, 3.63) is 35.6 Å². The van der Waals surface area contributed by atoms with Crippen molar-refractivity contribution < 1.29 is 23.5 Å². The third-order valence-corrected chi connectivity index (χ3v) is 4.60. The van der Waals surface area contributed by atoms with Gasteiger partial charge in [-0.25, -0.2) is 4.39 Å². The molecule has 0 aromatic heterocycles. The Morgan fingerprint density at radius 1 is 1.27 bits per heavy atom. The fraction of sp³-hybridized carbons (Fsp3) is 0.526. The predicted octanol–water partition coefficient (Wildman–Crippen LogP) is 2.18. The highest BCUT2D eigenvalue weighted by molar-refractivity contribution is 5.96. The summed E-state index contributed by atoms with van der Waals surface area (Å²) >= 11 is 0. The summed E-state index contributed by atoms with van der Waals surface area (Å²) in [5.74, 6) is -1.79. The van der Waals surface area contributed by atoms with Gasteiger partial charge in [0, 0.05) is 11.6 Å². The van der Waals surface area contributed by atoms with E-state index >= 15 is 0 Å². The predicted molar refractivity (Wildman–Crippen MR) is 93.8 cm³/mol. The van der Waals surface area contributed by atoms with Crippen molar-refractivity contribution in [2.45, 2.75) is 51.7 Å². The van der Waals surface area contributed by atoms with E-state index in [4.69, 9.17) is 4.74 Å². The number of amides is 2. The molecular weight excluding hydrogens is 339 g/mol. The molecule has 2 amide bonds. The number of carbonyl (C=O) groups is 3. The van der Waals surface area contributed by atoms with Crippen LogP contribution in [0.5, 0.6) is 0 Å². The number of esters is 1. The lowest BCUT2D eigenvalue weighted by Crippen LogP contribution is -2.46. The molecule has 1 aromatic carbocycles. The van der Waals surface area contributed by atoms with Crippen LogP contribution in [0.4, 0.5) is 4.39 Å². The fourth-order valence-electron chi connectivity index (χ4n) is 3.01. The van der Waals surface area contributed by atoms with E-state index in [1.165, 1.54) is 31.5 Å². The number of hydrogen-bond acceptors (Lipinski definition) is 4. The lowest BCUT2D eigenvalue weighted by atomic mass is 9.86. The summed E-state index contributed by atoms with van der Waals surface area (Å²) in [6.45, 7) is 3.20. The molecule has 7 heteroatoms. The second kappa shape index (κ2) is 9.31. The van der Waals surface area contributed by atoms with Crippen LogP contribution >= 0.6 is 0 Å². The Balaban J connectivity index is 1.75. The van der Waals surface area contributed by atoms with Crippen LogP contribution in [0.25, 0.3) is 0 Å². The average molecular weight is 364 g/mol. The van der Waals surface area contributed by atoms with E-state index in [0.29, 0.717) is 5.92 Å². The van der Waals surface area contributed by atoms with Crippen LogP contribution in [-0.4, -0.2) is 36.5 Å². The lowest BCUT2D eigenvalue weighted by Gasteiger charge is -2.30. The smallest absolute Gasteiger partial charge is 0.326 e. The van der Waals surface area contributed by atoms with Crippen LogP contribution in [0, 0.1) is 11.7 Å². The maximum Gasteiger partial charge on any atom is 0.326 e. The first-order valence-electron chi connectivity index (χ1n) is 8.90. The molecule has 1 aliphatic carbocycles. The SMILES string of the molecule is C[C@@H]1CCCC[C@H]1NC(=O)[C@@H](C)OC(=O)CNC(=O)c1cccc(F)c1. The second-order valence-corrected chi connectivity index (χ2v) is 6.70. The lowest BCUT2D eigenvalue weighted by molar-refractivity contribution is -0.154. The molecule has 6 nitrogen and oxygen atoms in total. The largest absolute Gasteiger partial charge is 0.451 e. The number of carbonyl (C=O) groups excluding carboxylic acids is 3. The van der Waals surface area contributed by atoms with E-state index in [1.807, 2.05) is 0 Å². The van der Waals surface area contributed by atoms with Crippen LogP contribution in [-0.2, 0) is 14.3 Å². The Bertz CT molecular complexity index is 665. The molecule has 1 aromatic rings.